The van der Waals surface area contributed by atoms with Crippen LogP contribution in [0.3, 0.4) is 0 Å². The molecule has 0 bridgehead atoms. The summed E-state index contributed by atoms with van der Waals surface area (Å²) in [5.74, 6) is 0.557. The van der Waals surface area contributed by atoms with Gasteiger partial charge >= 0.3 is 0 Å². The number of aromatic nitrogens is 1. The zero-order valence-electron chi connectivity index (χ0n) is 14.4. The van der Waals surface area contributed by atoms with Crippen molar-refractivity contribution in [1.82, 2.24) is 10.5 Å². The van der Waals surface area contributed by atoms with Crippen LogP contribution in [0.25, 0.3) is 22.2 Å². The molecule has 0 aliphatic carbocycles. The Kier molecular flexibility index (Phi) is 4.23. The first kappa shape index (κ1) is 16.1. The van der Waals surface area contributed by atoms with Gasteiger partial charge in [0.15, 0.2) is 5.76 Å². The number of nitrogens with zero attached hydrogens (tertiary/aromatic N) is 1. The van der Waals surface area contributed by atoms with E-state index in [0.717, 1.165) is 22.0 Å². The lowest BCUT2D eigenvalue weighted by Crippen LogP contribution is -2.22. The van der Waals surface area contributed by atoms with Crippen molar-refractivity contribution in [3.63, 3.8) is 0 Å². The number of rotatable bonds is 4. The summed E-state index contributed by atoms with van der Waals surface area (Å²) in [6, 6.07) is 23.3. The van der Waals surface area contributed by atoms with Crippen LogP contribution in [0.4, 0.5) is 0 Å². The van der Waals surface area contributed by atoms with Crippen molar-refractivity contribution in [1.29, 1.82) is 0 Å². The minimum Gasteiger partial charge on any atom is -0.355 e. The fourth-order valence-corrected chi connectivity index (χ4v) is 2.87. The van der Waals surface area contributed by atoms with Gasteiger partial charge in [0.2, 0.25) is 0 Å². The molecule has 4 heteroatoms. The first-order valence-corrected chi connectivity index (χ1v) is 8.49. The fraction of sp³-hybridized carbons (Fsp3) is 0.0909. The van der Waals surface area contributed by atoms with Crippen LogP contribution in [0.1, 0.15) is 21.5 Å². The summed E-state index contributed by atoms with van der Waals surface area (Å²) in [6.45, 7) is 2.53. The molecule has 26 heavy (non-hydrogen) atoms. The number of aryl methyl sites for hydroxylation is 1. The van der Waals surface area contributed by atoms with Crippen molar-refractivity contribution < 1.29 is 9.32 Å². The molecule has 128 valence electrons. The van der Waals surface area contributed by atoms with Crippen LogP contribution in [0.5, 0.6) is 0 Å². The lowest BCUT2D eigenvalue weighted by atomic mass is 10.1. The number of carbonyl (C=O) groups excluding carboxylic acids is 1. The molecule has 0 fully saturated rings. The van der Waals surface area contributed by atoms with E-state index in [9.17, 15) is 4.79 Å². The molecule has 0 atom stereocenters. The Morgan fingerprint density at radius 1 is 1.00 bits per heavy atom. The monoisotopic (exact) mass is 342 g/mol. The minimum atomic E-state index is -0.118. The highest BCUT2D eigenvalue weighted by molar-refractivity contribution is 6.00. The summed E-state index contributed by atoms with van der Waals surface area (Å²) in [7, 11) is 0. The maximum Gasteiger partial charge on any atom is 0.251 e. The summed E-state index contributed by atoms with van der Waals surface area (Å²) in [5, 5.41) is 7.88. The lowest BCUT2D eigenvalue weighted by molar-refractivity contribution is 0.0951. The number of hydrogen-bond acceptors (Lipinski definition) is 3. The Hall–Kier alpha value is -3.40. The number of amides is 1. The van der Waals surface area contributed by atoms with Gasteiger partial charge in [0.1, 0.15) is 5.52 Å². The summed E-state index contributed by atoms with van der Waals surface area (Å²) < 4.78 is 5.49. The van der Waals surface area contributed by atoms with Crippen LogP contribution < -0.4 is 5.32 Å². The van der Waals surface area contributed by atoms with E-state index < -0.39 is 0 Å². The van der Waals surface area contributed by atoms with Gasteiger partial charge in [-0.1, -0.05) is 65.3 Å². The van der Waals surface area contributed by atoms with Crippen molar-refractivity contribution in [2.24, 2.45) is 0 Å². The third kappa shape index (κ3) is 3.22. The van der Waals surface area contributed by atoms with E-state index in [1.165, 1.54) is 5.56 Å². The van der Waals surface area contributed by atoms with E-state index in [1.54, 1.807) is 6.07 Å². The molecule has 0 radical (unpaired) electrons. The third-order valence-corrected chi connectivity index (χ3v) is 4.35. The van der Waals surface area contributed by atoms with Crippen LogP contribution in [-0.4, -0.2) is 11.1 Å². The predicted octanol–water partition coefficient (Wildman–Crippen LogP) is 4.73. The van der Waals surface area contributed by atoms with Crippen molar-refractivity contribution in [2.75, 3.05) is 0 Å². The first-order chi connectivity index (χ1) is 12.7. The largest absolute Gasteiger partial charge is 0.355 e. The van der Waals surface area contributed by atoms with Crippen molar-refractivity contribution in [3.05, 3.63) is 89.5 Å². The zero-order valence-corrected chi connectivity index (χ0v) is 14.4. The Morgan fingerprint density at radius 3 is 2.54 bits per heavy atom. The van der Waals surface area contributed by atoms with Gasteiger partial charge in [-0.05, 0) is 30.7 Å². The van der Waals surface area contributed by atoms with E-state index >= 15 is 0 Å². The molecule has 1 aromatic heterocycles. The van der Waals surface area contributed by atoms with Gasteiger partial charge in [0, 0.05) is 17.7 Å². The highest BCUT2D eigenvalue weighted by atomic mass is 16.5. The molecule has 4 aromatic rings. The molecular formula is C22H18N2O2. The summed E-state index contributed by atoms with van der Waals surface area (Å²) in [4.78, 5) is 12.5. The van der Waals surface area contributed by atoms with Gasteiger partial charge in [-0.3, -0.25) is 4.79 Å². The molecule has 0 unspecified atom stereocenters. The molecule has 0 aliphatic heterocycles. The van der Waals surface area contributed by atoms with Gasteiger partial charge in [-0.25, -0.2) is 0 Å². The number of carbonyl (C=O) groups is 1. The summed E-state index contributed by atoms with van der Waals surface area (Å²) in [5.41, 5.74) is 4.53. The topological polar surface area (TPSA) is 55.1 Å². The second-order valence-corrected chi connectivity index (χ2v) is 6.28. The van der Waals surface area contributed by atoms with E-state index in [4.69, 9.17) is 4.52 Å². The van der Waals surface area contributed by atoms with E-state index in [2.05, 4.69) is 10.5 Å². The maximum atomic E-state index is 12.5. The lowest BCUT2D eigenvalue weighted by Gasteiger charge is -2.06. The molecule has 4 rings (SSSR count). The van der Waals surface area contributed by atoms with Gasteiger partial charge in [-0.15, -0.1) is 0 Å². The highest BCUT2D eigenvalue weighted by Crippen LogP contribution is 2.29. The van der Waals surface area contributed by atoms with Crippen LogP contribution in [0.15, 0.2) is 77.3 Å². The van der Waals surface area contributed by atoms with Gasteiger partial charge in [-0.2, -0.15) is 0 Å². The van der Waals surface area contributed by atoms with Crippen molar-refractivity contribution >= 4 is 16.8 Å². The Balaban J connectivity index is 1.58. The smallest absolute Gasteiger partial charge is 0.251 e. The molecule has 0 saturated heterocycles. The van der Waals surface area contributed by atoms with Crippen molar-refractivity contribution in [3.8, 4) is 11.3 Å². The van der Waals surface area contributed by atoms with Crippen LogP contribution >= 0.6 is 0 Å². The summed E-state index contributed by atoms with van der Waals surface area (Å²) >= 11 is 0. The Morgan fingerprint density at radius 2 is 1.77 bits per heavy atom. The highest BCUT2D eigenvalue weighted by Gasteiger charge is 2.13. The second-order valence-electron chi connectivity index (χ2n) is 6.28. The number of hydrogen-bond donors (Lipinski definition) is 1. The quantitative estimate of drug-likeness (QED) is 0.583. The third-order valence-electron chi connectivity index (χ3n) is 4.35. The van der Waals surface area contributed by atoms with Crippen LogP contribution in [-0.2, 0) is 6.54 Å². The molecule has 0 saturated carbocycles. The zero-order chi connectivity index (χ0) is 17.9. The predicted molar refractivity (Wildman–Crippen MR) is 102 cm³/mol. The molecule has 4 nitrogen and oxygen atoms in total. The van der Waals surface area contributed by atoms with Crippen LogP contribution in [0, 0.1) is 6.92 Å². The fourth-order valence-electron chi connectivity index (χ4n) is 2.87. The first-order valence-electron chi connectivity index (χ1n) is 8.49. The maximum absolute atomic E-state index is 12.5. The van der Waals surface area contributed by atoms with E-state index in [-0.39, 0.29) is 5.91 Å². The molecule has 1 N–H and O–H groups in total. The number of nitrogens with one attached hydrogen (secondary N) is 1. The number of fused-ring (bicyclic) bond motifs is 1. The molecular weight excluding hydrogens is 324 g/mol. The van der Waals surface area contributed by atoms with E-state index in [1.807, 2.05) is 73.7 Å². The molecule has 3 aromatic carbocycles. The van der Waals surface area contributed by atoms with Crippen LogP contribution in [0.2, 0.25) is 0 Å². The Bertz CT molecular complexity index is 1050. The SMILES string of the molecule is Cc1ccc(CNC(=O)c2ccc3noc(-c4ccccc4)c3c2)cc1. The molecule has 1 amide bonds. The average molecular weight is 342 g/mol. The van der Waals surface area contributed by atoms with Crippen molar-refractivity contribution in [2.45, 2.75) is 13.5 Å². The van der Waals surface area contributed by atoms with Gasteiger partial charge in [0.05, 0.1) is 5.39 Å². The average Bonchev–Trinajstić information content (AvgIpc) is 3.11. The number of benzene rings is 3. The second kappa shape index (κ2) is 6.84. The normalized spacial score (nSPS) is 10.8. The standard InChI is InChI=1S/C22H18N2O2/c1-15-7-9-16(10-8-15)14-23-22(25)18-11-12-20-19(13-18)21(26-24-20)17-5-3-2-4-6-17/h2-13H,14H2,1H3,(H,23,25). The molecule has 0 spiro atoms. The van der Waals surface area contributed by atoms with Gasteiger partial charge in [0.25, 0.3) is 5.91 Å². The molecule has 1 heterocycles. The van der Waals surface area contributed by atoms with Gasteiger partial charge < -0.3 is 9.84 Å². The Labute approximate surface area is 151 Å². The minimum absolute atomic E-state index is 0.118. The summed E-state index contributed by atoms with van der Waals surface area (Å²) in [6.07, 6.45) is 0. The van der Waals surface area contributed by atoms with E-state index in [0.29, 0.717) is 17.9 Å². The molecule has 0 aliphatic rings.